The Balaban J connectivity index is 0. The molecule has 0 amide bonds. The van der Waals surface area contributed by atoms with E-state index in [-0.39, 0.29) is 0 Å². The predicted octanol–water partition coefficient (Wildman–Crippen LogP) is -0.667. The molecule has 0 aliphatic carbocycles. The van der Waals surface area contributed by atoms with Gasteiger partial charge in [-0.1, -0.05) is 0 Å². The van der Waals surface area contributed by atoms with Gasteiger partial charge in [-0.05, 0) is 6.92 Å². The summed E-state index contributed by atoms with van der Waals surface area (Å²) < 4.78 is 11.2. The lowest BCUT2D eigenvalue weighted by molar-refractivity contribution is -0.142. The Morgan fingerprint density at radius 1 is 1.60 bits per heavy atom. The topological polar surface area (TPSA) is 89.3 Å². The van der Waals surface area contributed by atoms with E-state index in [4.69, 9.17) is 16.6 Å². The van der Waals surface area contributed by atoms with Crippen LogP contribution in [0.2, 0.25) is 0 Å². The summed E-state index contributed by atoms with van der Waals surface area (Å²) in [6.07, 6.45) is -1.73. The van der Waals surface area contributed by atoms with Crippen molar-refractivity contribution in [1.82, 2.24) is 0 Å². The number of hydrogen-bond acceptors (Lipinski definition) is 3. The summed E-state index contributed by atoms with van der Waals surface area (Å²) in [5.74, 6) is -1.41. The van der Waals surface area contributed by atoms with Crippen LogP contribution in [0.25, 0.3) is 0 Å². The molecule has 5 heteroatoms. The van der Waals surface area contributed by atoms with E-state index in [9.17, 15) is 9.18 Å². The molecule has 0 aliphatic heterocycles. The van der Waals surface area contributed by atoms with Crippen molar-refractivity contribution in [3.63, 3.8) is 0 Å². The summed E-state index contributed by atoms with van der Waals surface area (Å²) in [6, 6.07) is 0. The molecule has 62 valence electrons. The number of carbonyl (C=O) groups is 1. The second kappa shape index (κ2) is 8.32. The fraction of sp³-hybridized carbons (Fsp3) is 0.800. The normalized spacial score (nSPS) is 11.2. The SMILES string of the molecule is CC(F)C(=O)O.NCCN. The minimum Gasteiger partial charge on any atom is -0.479 e. The highest BCUT2D eigenvalue weighted by atomic mass is 19.1. The maximum absolute atomic E-state index is 11.2. The van der Waals surface area contributed by atoms with Crippen molar-refractivity contribution < 1.29 is 14.3 Å². The molecule has 0 bridgehead atoms. The summed E-state index contributed by atoms with van der Waals surface area (Å²) in [4.78, 5) is 9.32. The molecule has 0 aromatic carbocycles. The van der Waals surface area contributed by atoms with E-state index in [2.05, 4.69) is 0 Å². The molecule has 1 unspecified atom stereocenters. The number of alkyl halides is 1. The molecule has 0 fully saturated rings. The Kier molecular flexibility index (Phi) is 10.0. The highest BCUT2D eigenvalue weighted by molar-refractivity contribution is 5.71. The molecule has 0 rings (SSSR count). The van der Waals surface area contributed by atoms with Crippen LogP contribution in [0.3, 0.4) is 0 Å². The number of nitrogens with two attached hydrogens (primary N) is 2. The summed E-state index contributed by atoms with van der Waals surface area (Å²) in [7, 11) is 0. The van der Waals surface area contributed by atoms with Crippen LogP contribution in [0.1, 0.15) is 6.92 Å². The zero-order valence-electron chi connectivity index (χ0n) is 5.88. The van der Waals surface area contributed by atoms with Crippen LogP contribution in [-0.4, -0.2) is 30.3 Å². The fourth-order valence-electron chi connectivity index (χ4n) is 0. The molecule has 1 atom stereocenters. The fourth-order valence-corrected chi connectivity index (χ4v) is 0. The minimum atomic E-state index is -1.73. The number of hydrogen-bond donors (Lipinski definition) is 3. The first-order valence-electron chi connectivity index (χ1n) is 2.83. The molecule has 0 spiro atoms. The lowest BCUT2D eigenvalue weighted by Gasteiger charge is -1.85. The first-order valence-corrected chi connectivity index (χ1v) is 2.83. The average Bonchev–Trinajstić information content (AvgIpc) is 1.89. The maximum Gasteiger partial charge on any atom is 0.337 e. The average molecular weight is 152 g/mol. The van der Waals surface area contributed by atoms with Crippen LogP contribution < -0.4 is 11.5 Å². The third-order valence-corrected chi connectivity index (χ3v) is 0.507. The third kappa shape index (κ3) is 15.7. The van der Waals surface area contributed by atoms with Gasteiger partial charge in [0.15, 0.2) is 6.17 Å². The minimum absolute atomic E-state index is 0.597. The monoisotopic (exact) mass is 152 g/mol. The number of rotatable bonds is 2. The number of carboxylic acids is 1. The number of aliphatic carboxylic acids is 1. The van der Waals surface area contributed by atoms with Crippen molar-refractivity contribution in [3.8, 4) is 0 Å². The quantitative estimate of drug-likeness (QED) is 0.489. The van der Waals surface area contributed by atoms with Crippen LogP contribution in [0, 0.1) is 0 Å². The molecular formula is C5H13FN2O2. The van der Waals surface area contributed by atoms with E-state index in [1.807, 2.05) is 0 Å². The van der Waals surface area contributed by atoms with Crippen LogP contribution in [0.4, 0.5) is 4.39 Å². The van der Waals surface area contributed by atoms with E-state index in [1.165, 1.54) is 0 Å². The summed E-state index contributed by atoms with van der Waals surface area (Å²) >= 11 is 0. The van der Waals surface area contributed by atoms with Crippen molar-refractivity contribution in [3.05, 3.63) is 0 Å². The van der Waals surface area contributed by atoms with Gasteiger partial charge in [0.05, 0.1) is 0 Å². The Labute approximate surface area is 59.0 Å². The summed E-state index contributed by atoms with van der Waals surface area (Å²) in [5, 5.41) is 7.62. The van der Waals surface area contributed by atoms with E-state index in [1.54, 1.807) is 0 Å². The van der Waals surface area contributed by atoms with Crippen LogP contribution in [-0.2, 0) is 4.79 Å². The number of halogens is 1. The van der Waals surface area contributed by atoms with Crippen molar-refractivity contribution in [1.29, 1.82) is 0 Å². The van der Waals surface area contributed by atoms with Gasteiger partial charge in [0.2, 0.25) is 0 Å². The Morgan fingerprint density at radius 2 is 1.80 bits per heavy atom. The molecule has 5 N–H and O–H groups in total. The smallest absolute Gasteiger partial charge is 0.337 e. The molecule has 0 saturated heterocycles. The van der Waals surface area contributed by atoms with Crippen molar-refractivity contribution in [2.24, 2.45) is 11.5 Å². The largest absolute Gasteiger partial charge is 0.479 e. The predicted molar refractivity (Wildman–Crippen MR) is 36.3 cm³/mol. The van der Waals surface area contributed by atoms with Gasteiger partial charge in [0.1, 0.15) is 0 Å². The second-order valence-electron chi connectivity index (χ2n) is 1.53. The van der Waals surface area contributed by atoms with Crippen molar-refractivity contribution in [2.75, 3.05) is 13.1 Å². The Morgan fingerprint density at radius 3 is 1.80 bits per heavy atom. The highest BCUT2D eigenvalue weighted by Gasteiger charge is 2.04. The molecular weight excluding hydrogens is 139 g/mol. The molecule has 0 radical (unpaired) electrons. The van der Waals surface area contributed by atoms with Gasteiger partial charge in [-0.15, -0.1) is 0 Å². The highest BCUT2D eigenvalue weighted by Crippen LogP contribution is 1.83. The molecule has 0 aromatic rings. The van der Waals surface area contributed by atoms with Gasteiger partial charge in [0.25, 0.3) is 0 Å². The van der Waals surface area contributed by atoms with E-state index in [0.29, 0.717) is 13.1 Å². The lowest BCUT2D eigenvalue weighted by Crippen LogP contribution is -2.11. The first kappa shape index (κ1) is 12.0. The first-order chi connectivity index (χ1) is 4.56. The third-order valence-electron chi connectivity index (χ3n) is 0.507. The van der Waals surface area contributed by atoms with Gasteiger partial charge in [-0.25, -0.2) is 9.18 Å². The Hall–Kier alpha value is -0.680. The Bertz CT molecular complexity index is 85.7. The molecule has 0 aromatic heterocycles. The molecule has 0 aliphatic rings. The second-order valence-corrected chi connectivity index (χ2v) is 1.53. The van der Waals surface area contributed by atoms with E-state index < -0.39 is 12.1 Å². The molecule has 10 heavy (non-hydrogen) atoms. The standard InChI is InChI=1S/C3H5FO2.C2H8N2/c1-2(4)3(5)6;3-1-2-4/h2H,1H3,(H,5,6);1-4H2. The molecule has 0 saturated carbocycles. The zero-order chi connectivity index (χ0) is 8.57. The van der Waals surface area contributed by atoms with Gasteiger partial charge in [0, 0.05) is 13.1 Å². The van der Waals surface area contributed by atoms with Crippen LogP contribution in [0.5, 0.6) is 0 Å². The van der Waals surface area contributed by atoms with Crippen LogP contribution in [0.15, 0.2) is 0 Å². The lowest BCUT2D eigenvalue weighted by atomic mass is 10.5. The summed E-state index contributed by atoms with van der Waals surface area (Å²) in [5.41, 5.74) is 9.81. The molecule has 0 heterocycles. The van der Waals surface area contributed by atoms with Gasteiger partial charge in [-0.2, -0.15) is 0 Å². The van der Waals surface area contributed by atoms with E-state index >= 15 is 0 Å². The van der Waals surface area contributed by atoms with Gasteiger partial charge < -0.3 is 16.6 Å². The zero-order valence-corrected chi connectivity index (χ0v) is 5.88. The van der Waals surface area contributed by atoms with E-state index in [0.717, 1.165) is 6.92 Å². The van der Waals surface area contributed by atoms with Crippen molar-refractivity contribution in [2.45, 2.75) is 13.1 Å². The van der Waals surface area contributed by atoms with Gasteiger partial charge in [-0.3, -0.25) is 0 Å². The number of carboxylic acid groups (broad SMARTS) is 1. The van der Waals surface area contributed by atoms with Crippen LogP contribution >= 0.6 is 0 Å². The van der Waals surface area contributed by atoms with Gasteiger partial charge >= 0.3 is 5.97 Å². The summed E-state index contributed by atoms with van der Waals surface area (Å²) in [6.45, 7) is 2.17. The maximum atomic E-state index is 11.2. The molecule has 4 nitrogen and oxygen atoms in total. The van der Waals surface area contributed by atoms with Crippen molar-refractivity contribution >= 4 is 5.97 Å².